The molecule has 7 heteroatoms. The topological polar surface area (TPSA) is 99.1 Å². The minimum absolute atomic E-state index is 0.170. The van der Waals surface area contributed by atoms with Crippen LogP contribution in [0.3, 0.4) is 0 Å². The van der Waals surface area contributed by atoms with E-state index in [1.165, 1.54) is 11.0 Å². The fraction of sp³-hybridized carbons (Fsp3) is 0.636. The van der Waals surface area contributed by atoms with Crippen molar-refractivity contribution in [2.24, 2.45) is 5.92 Å². The van der Waals surface area contributed by atoms with Gasteiger partial charge in [0.25, 0.3) is 0 Å². The predicted molar refractivity (Wildman–Crippen MR) is 60.3 cm³/mol. The van der Waals surface area contributed by atoms with Gasteiger partial charge in [-0.1, -0.05) is 6.08 Å². The molecule has 0 aromatic heterocycles. The molecule has 4 unspecified atom stereocenters. The summed E-state index contributed by atoms with van der Waals surface area (Å²) in [5.41, 5.74) is 0. The molecule has 2 fully saturated rings. The molecule has 0 aromatic rings. The van der Waals surface area contributed by atoms with Crippen LogP contribution in [0.2, 0.25) is 0 Å². The molecule has 18 heavy (non-hydrogen) atoms. The molecule has 4 atom stereocenters. The molecule has 0 aliphatic carbocycles. The molecule has 3 N–H and O–H groups in total. The molecule has 0 bridgehead atoms. The fourth-order valence-corrected chi connectivity index (χ4v) is 2.15. The van der Waals surface area contributed by atoms with E-state index >= 15 is 0 Å². The molecule has 2 aliphatic rings. The Balaban J connectivity index is 2.06. The summed E-state index contributed by atoms with van der Waals surface area (Å²) in [4.78, 5) is 24.5. The van der Waals surface area contributed by atoms with Gasteiger partial charge in [0.05, 0.1) is 18.6 Å². The number of nitrogens with one attached hydrogen (secondary N) is 1. The summed E-state index contributed by atoms with van der Waals surface area (Å²) in [5, 5.41) is 20.8. The van der Waals surface area contributed by atoms with Gasteiger partial charge in [-0.05, 0) is 0 Å². The molecule has 7 nitrogen and oxygen atoms in total. The van der Waals surface area contributed by atoms with Crippen molar-refractivity contribution in [2.75, 3.05) is 13.2 Å². The van der Waals surface area contributed by atoms with E-state index in [1.54, 1.807) is 0 Å². The molecule has 0 aromatic carbocycles. The summed E-state index contributed by atoms with van der Waals surface area (Å²) in [6, 6.07) is -0.547. The van der Waals surface area contributed by atoms with Gasteiger partial charge < -0.3 is 14.9 Å². The molecule has 3 amide bonds. The van der Waals surface area contributed by atoms with Gasteiger partial charge in [0, 0.05) is 13.0 Å². The van der Waals surface area contributed by atoms with E-state index in [-0.39, 0.29) is 25.5 Å². The summed E-state index contributed by atoms with van der Waals surface area (Å²) < 4.78 is 5.38. The number of carbonyl (C=O) groups is 2. The maximum absolute atomic E-state index is 11.7. The number of imide groups is 1. The van der Waals surface area contributed by atoms with Crippen LogP contribution in [0.15, 0.2) is 12.7 Å². The lowest BCUT2D eigenvalue weighted by Gasteiger charge is -2.34. The molecular formula is C11H16N2O5. The van der Waals surface area contributed by atoms with Crippen molar-refractivity contribution in [3.63, 3.8) is 0 Å². The number of rotatable bonds is 3. The third-order valence-corrected chi connectivity index (χ3v) is 3.24. The summed E-state index contributed by atoms with van der Waals surface area (Å²) >= 11 is 0. The molecule has 2 saturated heterocycles. The number of urea groups is 1. The number of ether oxygens (including phenoxy) is 1. The molecule has 2 aliphatic heterocycles. The van der Waals surface area contributed by atoms with E-state index in [4.69, 9.17) is 9.84 Å². The van der Waals surface area contributed by atoms with Gasteiger partial charge in [-0.2, -0.15) is 0 Å². The second-order valence-electron chi connectivity index (χ2n) is 4.40. The molecule has 0 spiro atoms. The molecular weight excluding hydrogens is 240 g/mol. The summed E-state index contributed by atoms with van der Waals surface area (Å²) in [5.74, 6) is -0.875. The van der Waals surface area contributed by atoms with Crippen molar-refractivity contribution < 1.29 is 24.5 Å². The number of aliphatic hydroxyl groups excluding tert-OH is 2. The standard InChI is InChI=1S/C11H16N2O5/c1-2-6-4-13(11(17)12-10(6)16)9-3-7(15)8(5-14)18-9/h2,6-9,14-15H,1,3-5H2,(H,12,16,17). The van der Waals surface area contributed by atoms with Crippen LogP contribution in [-0.2, 0) is 9.53 Å². The highest BCUT2D eigenvalue weighted by Gasteiger charge is 2.42. The number of hydrogen-bond donors (Lipinski definition) is 3. The Morgan fingerprint density at radius 1 is 1.56 bits per heavy atom. The highest BCUT2D eigenvalue weighted by molar-refractivity contribution is 5.98. The average molecular weight is 256 g/mol. The highest BCUT2D eigenvalue weighted by Crippen LogP contribution is 2.25. The van der Waals surface area contributed by atoms with E-state index in [9.17, 15) is 14.7 Å². The van der Waals surface area contributed by atoms with Crippen molar-refractivity contribution in [1.29, 1.82) is 0 Å². The lowest BCUT2D eigenvalue weighted by molar-refractivity contribution is -0.127. The first kappa shape index (κ1) is 13.0. The van der Waals surface area contributed by atoms with E-state index < -0.39 is 30.4 Å². The monoisotopic (exact) mass is 256 g/mol. The summed E-state index contributed by atoms with van der Waals surface area (Å²) in [7, 11) is 0. The number of hydrogen-bond acceptors (Lipinski definition) is 5. The first-order valence-electron chi connectivity index (χ1n) is 5.75. The van der Waals surface area contributed by atoms with Crippen LogP contribution < -0.4 is 5.32 Å². The van der Waals surface area contributed by atoms with Crippen LogP contribution in [0, 0.1) is 5.92 Å². The fourth-order valence-electron chi connectivity index (χ4n) is 2.15. The number of amides is 3. The molecule has 2 heterocycles. The number of carbonyl (C=O) groups excluding carboxylic acids is 2. The van der Waals surface area contributed by atoms with Crippen molar-refractivity contribution in [3.05, 3.63) is 12.7 Å². The molecule has 0 saturated carbocycles. The van der Waals surface area contributed by atoms with Gasteiger partial charge >= 0.3 is 6.03 Å². The van der Waals surface area contributed by atoms with Crippen molar-refractivity contribution in [3.8, 4) is 0 Å². The second-order valence-corrected chi connectivity index (χ2v) is 4.40. The van der Waals surface area contributed by atoms with E-state index in [0.29, 0.717) is 0 Å². The van der Waals surface area contributed by atoms with Crippen molar-refractivity contribution in [2.45, 2.75) is 24.9 Å². The predicted octanol–water partition coefficient (Wildman–Crippen LogP) is -1.19. The van der Waals surface area contributed by atoms with E-state index in [2.05, 4.69) is 11.9 Å². The Kier molecular flexibility index (Phi) is 3.65. The zero-order valence-corrected chi connectivity index (χ0v) is 9.78. The first-order valence-corrected chi connectivity index (χ1v) is 5.75. The highest BCUT2D eigenvalue weighted by atomic mass is 16.5. The van der Waals surface area contributed by atoms with Gasteiger partial charge in [-0.15, -0.1) is 6.58 Å². The van der Waals surface area contributed by atoms with Gasteiger partial charge in [0.15, 0.2) is 0 Å². The normalized spacial score (nSPS) is 36.7. The average Bonchev–Trinajstić information content (AvgIpc) is 2.70. The first-order chi connectivity index (χ1) is 8.56. The largest absolute Gasteiger partial charge is 0.394 e. The Hall–Kier alpha value is -1.44. The maximum atomic E-state index is 11.7. The third-order valence-electron chi connectivity index (χ3n) is 3.24. The molecule has 2 rings (SSSR count). The smallest absolute Gasteiger partial charge is 0.326 e. The lowest BCUT2D eigenvalue weighted by atomic mass is 10.1. The lowest BCUT2D eigenvalue weighted by Crippen LogP contribution is -2.57. The van der Waals surface area contributed by atoms with Crippen molar-refractivity contribution in [1.82, 2.24) is 10.2 Å². The van der Waals surface area contributed by atoms with Crippen LogP contribution in [-0.4, -0.2) is 58.6 Å². The molecule has 100 valence electrons. The SMILES string of the molecule is C=CC1CN(C2CC(O)C(CO)O2)C(=O)NC1=O. The quantitative estimate of drug-likeness (QED) is 0.551. The van der Waals surface area contributed by atoms with E-state index in [0.717, 1.165) is 0 Å². The van der Waals surface area contributed by atoms with Crippen LogP contribution >= 0.6 is 0 Å². The summed E-state index contributed by atoms with van der Waals surface area (Å²) in [6.07, 6.45) is -0.455. The van der Waals surface area contributed by atoms with Crippen LogP contribution in [0.1, 0.15) is 6.42 Å². The van der Waals surface area contributed by atoms with Gasteiger partial charge in [0.1, 0.15) is 12.3 Å². The van der Waals surface area contributed by atoms with Gasteiger partial charge in [-0.3, -0.25) is 15.0 Å². The number of nitrogens with zero attached hydrogens (tertiary/aromatic N) is 1. The second kappa shape index (κ2) is 5.05. The Morgan fingerprint density at radius 3 is 2.83 bits per heavy atom. The Morgan fingerprint density at radius 2 is 2.28 bits per heavy atom. The van der Waals surface area contributed by atoms with E-state index in [1.807, 2.05) is 0 Å². The molecule has 0 radical (unpaired) electrons. The Labute approximate surface area is 104 Å². The summed E-state index contributed by atoms with van der Waals surface area (Å²) in [6.45, 7) is 3.40. The number of aliphatic hydroxyl groups is 2. The third kappa shape index (κ3) is 2.24. The zero-order chi connectivity index (χ0) is 13.3. The van der Waals surface area contributed by atoms with Crippen LogP contribution in [0.5, 0.6) is 0 Å². The van der Waals surface area contributed by atoms with Gasteiger partial charge in [-0.25, -0.2) is 4.79 Å². The minimum Gasteiger partial charge on any atom is -0.394 e. The zero-order valence-electron chi connectivity index (χ0n) is 9.78. The van der Waals surface area contributed by atoms with Crippen LogP contribution in [0.4, 0.5) is 4.79 Å². The van der Waals surface area contributed by atoms with Gasteiger partial charge in [0.2, 0.25) is 5.91 Å². The van der Waals surface area contributed by atoms with Crippen LogP contribution in [0.25, 0.3) is 0 Å². The maximum Gasteiger partial charge on any atom is 0.326 e. The van der Waals surface area contributed by atoms with Crippen molar-refractivity contribution >= 4 is 11.9 Å². The minimum atomic E-state index is -0.812. The Bertz CT molecular complexity index is 372.